The molecule has 0 radical (unpaired) electrons. The highest BCUT2D eigenvalue weighted by Crippen LogP contribution is 2.04. The molecular weight excluding hydrogens is 300 g/mol. The van der Waals surface area contributed by atoms with E-state index in [4.69, 9.17) is 11.6 Å². The predicted octanol–water partition coefficient (Wildman–Crippen LogP) is 2.64. The van der Waals surface area contributed by atoms with Crippen LogP contribution in [0.25, 0.3) is 0 Å². The summed E-state index contributed by atoms with van der Waals surface area (Å²) in [5.41, 5.74) is 1.07. The second-order valence-electron chi connectivity index (χ2n) is 5.07. The standard InChI is InChI=1S/C17H19ClN2O2/c18-15-8-10-17(22)20(13-15)12-4-11-19-16(21)9-7-14-5-2-1-3-6-14/h1-3,5-6,8,10,13H,4,7,9,11-12H2,(H,19,21). The number of hydrogen-bond acceptors (Lipinski definition) is 2. The van der Waals surface area contributed by atoms with Crippen LogP contribution in [-0.2, 0) is 17.8 Å². The first-order chi connectivity index (χ1) is 10.6. The third-order valence-corrected chi connectivity index (χ3v) is 3.55. The molecule has 0 saturated carbocycles. The first-order valence-electron chi connectivity index (χ1n) is 7.32. The number of carbonyl (C=O) groups is 1. The fourth-order valence-electron chi connectivity index (χ4n) is 2.15. The molecule has 0 aliphatic heterocycles. The van der Waals surface area contributed by atoms with Crippen molar-refractivity contribution in [2.24, 2.45) is 0 Å². The van der Waals surface area contributed by atoms with Crippen LogP contribution >= 0.6 is 11.6 Å². The highest BCUT2D eigenvalue weighted by atomic mass is 35.5. The van der Waals surface area contributed by atoms with Crippen molar-refractivity contribution < 1.29 is 4.79 Å². The monoisotopic (exact) mass is 318 g/mol. The maximum absolute atomic E-state index is 11.7. The summed E-state index contributed by atoms with van der Waals surface area (Å²) in [4.78, 5) is 23.3. The molecule has 1 heterocycles. The maximum Gasteiger partial charge on any atom is 0.250 e. The summed E-state index contributed by atoms with van der Waals surface area (Å²) < 4.78 is 1.55. The third kappa shape index (κ3) is 5.37. The fraction of sp³-hybridized carbons (Fsp3) is 0.294. The summed E-state index contributed by atoms with van der Waals surface area (Å²) in [5, 5.41) is 3.40. The number of hydrogen-bond donors (Lipinski definition) is 1. The second kappa shape index (κ2) is 8.39. The molecule has 0 spiro atoms. The van der Waals surface area contributed by atoms with Crippen LogP contribution < -0.4 is 10.9 Å². The molecule has 116 valence electrons. The molecule has 0 fully saturated rings. The molecule has 1 aromatic carbocycles. The fourth-order valence-corrected chi connectivity index (χ4v) is 2.33. The Balaban J connectivity index is 1.67. The number of nitrogens with one attached hydrogen (secondary N) is 1. The number of carbonyl (C=O) groups excluding carboxylic acids is 1. The van der Waals surface area contributed by atoms with Gasteiger partial charge in [-0.1, -0.05) is 41.9 Å². The Kier molecular flexibility index (Phi) is 6.22. The van der Waals surface area contributed by atoms with Gasteiger partial charge in [-0.2, -0.15) is 0 Å². The molecule has 0 unspecified atom stereocenters. The Bertz CT molecular complexity index is 668. The molecule has 22 heavy (non-hydrogen) atoms. The molecule has 2 aromatic rings. The molecule has 0 saturated heterocycles. The largest absolute Gasteiger partial charge is 0.356 e. The van der Waals surface area contributed by atoms with E-state index in [1.807, 2.05) is 30.3 Å². The van der Waals surface area contributed by atoms with Crippen molar-refractivity contribution in [1.82, 2.24) is 9.88 Å². The Hall–Kier alpha value is -2.07. The Labute approximate surface area is 134 Å². The van der Waals surface area contributed by atoms with Gasteiger partial charge in [0.25, 0.3) is 5.56 Å². The lowest BCUT2D eigenvalue weighted by atomic mass is 10.1. The van der Waals surface area contributed by atoms with Gasteiger partial charge in [0, 0.05) is 31.8 Å². The van der Waals surface area contributed by atoms with Crippen molar-refractivity contribution >= 4 is 17.5 Å². The van der Waals surface area contributed by atoms with Crippen LogP contribution in [0.15, 0.2) is 53.5 Å². The lowest BCUT2D eigenvalue weighted by molar-refractivity contribution is -0.121. The SMILES string of the molecule is O=C(CCc1ccccc1)NCCCn1cc(Cl)ccc1=O. The normalized spacial score (nSPS) is 10.4. The van der Waals surface area contributed by atoms with Crippen LogP contribution in [0.1, 0.15) is 18.4 Å². The van der Waals surface area contributed by atoms with Crippen LogP contribution in [-0.4, -0.2) is 17.0 Å². The summed E-state index contributed by atoms with van der Waals surface area (Å²) in [7, 11) is 0. The number of pyridine rings is 1. The minimum Gasteiger partial charge on any atom is -0.356 e. The van der Waals surface area contributed by atoms with Gasteiger partial charge in [0.1, 0.15) is 0 Å². The van der Waals surface area contributed by atoms with Gasteiger partial charge in [-0.3, -0.25) is 9.59 Å². The summed E-state index contributed by atoms with van der Waals surface area (Å²) >= 11 is 5.85. The van der Waals surface area contributed by atoms with Crippen LogP contribution in [0.3, 0.4) is 0 Å². The number of benzene rings is 1. The van der Waals surface area contributed by atoms with Crippen LogP contribution in [0, 0.1) is 0 Å². The van der Waals surface area contributed by atoms with Crippen molar-refractivity contribution in [3.63, 3.8) is 0 Å². The predicted molar refractivity (Wildman–Crippen MR) is 88.1 cm³/mol. The van der Waals surface area contributed by atoms with Crippen LogP contribution in [0.4, 0.5) is 0 Å². The van der Waals surface area contributed by atoms with Gasteiger partial charge in [0.15, 0.2) is 0 Å². The summed E-state index contributed by atoms with van der Waals surface area (Å²) in [5.74, 6) is 0.0299. The third-order valence-electron chi connectivity index (χ3n) is 3.33. The van der Waals surface area contributed by atoms with Gasteiger partial charge in [0.05, 0.1) is 5.02 Å². The van der Waals surface area contributed by atoms with E-state index in [1.54, 1.807) is 16.8 Å². The van der Waals surface area contributed by atoms with E-state index in [-0.39, 0.29) is 11.5 Å². The summed E-state index contributed by atoms with van der Waals surface area (Å²) in [6.45, 7) is 1.09. The van der Waals surface area contributed by atoms with Gasteiger partial charge in [-0.05, 0) is 24.5 Å². The first-order valence-corrected chi connectivity index (χ1v) is 7.69. The van der Waals surface area contributed by atoms with E-state index in [2.05, 4.69) is 5.32 Å². The van der Waals surface area contributed by atoms with Crippen molar-refractivity contribution in [1.29, 1.82) is 0 Å². The highest BCUT2D eigenvalue weighted by molar-refractivity contribution is 6.30. The quantitative estimate of drug-likeness (QED) is 0.798. The van der Waals surface area contributed by atoms with Crippen molar-refractivity contribution in [2.45, 2.75) is 25.8 Å². The van der Waals surface area contributed by atoms with E-state index in [9.17, 15) is 9.59 Å². The van der Waals surface area contributed by atoms with Gasteiger partial charge in [-0.25, -0.2) is 0 Å². The Morgan fingerprint density at radius 3 is 2.68 bits per heavy atom. The van der Waals surface area contributed by atoms with E-state index in [0.717, 1.165) is 12.0 Å². The topological polar surface area (TPSA) is 51.1 Å². The molecule has 1 aromatic heterocycles. The molecule has 1 N–H and O–H groups in total. The molecule has 5 heteroatoms. The van der Waals surface area contributed by atoms with E-state index >= 15 is 0 Å². The number of rotatable bonds is 7. The Morgan fingerprint density at radius 2 is 1.91 bits per heavy atom. The number of amides is 1. The van der Waals surface area contributed by atoms with Crippen LogP contribution in [0.5, 0.6) is 0 Å². The molecule has 0 bridgehead atoms. The zero-order valence-corrected chi connectivity index (χ0v) is 13.1. The van der Waals surface area contributed by atoms with Gasteiger partial charge >= 0.3 is 0 Å². The smallest absolute Gasteiger partial charge is 0.250 e. The van der Waals surface area contributed by atoms with Crippen molar-refractivity contribution in [3.8, 4) is 0 Å². The lowest BCUT2D eigenvalue weighted by Crippen LogP contribution is -2.27. The highest BCUT2D eigenvalue weighted by Gasteiger charge is 2.02. The molecular formula is C17H19ClN2O2. The molecule has 0 aliphatic rings. The molecule has 0 aliphatic carbocycles. The van der Waals surface area contributed by atoms with Gasteiger partial charge in [-0.15, -0.1) is 0 Å². The van der Waals surface area contributed by atoms with E-state index < -0.39 is 0 Å². The molecule has 4 nitrogen and oxygen atoms in total. The summed E-state index contributed by atoms with van der Waals surface area (Å²) in [6, 6.07) is 12.9. The van der Waals surface area contributed by atoms with Gasteiger partial charge < -0.3 is 9.88 Å². The maximum atomic E-state index is 11.7. The number of aromatic nitrogens is 1. The van der Waals surface area contributed by atoms with E-state index in [1.165, 1.54) is 6.07 Å². The molecule has 1 amide bonds. The summed E-state index contributed by atoms with van der Waals surface area (Å²) in [6.07, 6.45) is 3.51. The average molecular weight is 319 g/mol. The molecule has 2 rings (SSSR count). The van der Waals surface area contributed by atoms with Gasteiger partial charge in [0.2, 0.25) is 5.91 Å². The van der Waals surface area contributed by atoms with Crippen LogP contribution in [0.2, 0.25) is 5.02 Å². The molecule has 0 atom stereocenters. The Morgan fingerprint density at radius 1 is 1.14 bits per heavy atom. The first kappa shape index (κ1) is 16.3. The van der Waals surface area contributed by atoms with E-state index in [0.29, 0.717) is 31.0 Å². The minimum atomic E-state index is -0.0835. The number of nitrogens with zero attached hydrogens (tertiary/aromatic N) is 1. The number of halogens is 1. The zero-order chi connectivity index (χ0) is 15.8. The number of aryl methyl sites for hydroxylation is 2. The average Bonchev–Trinajstić information content (AvgIpc) is 2.53. The second-order valence-corrected chi connectivity index (χ2v) is 5.50. The van der Waals surface area contributed by atoms with Crippen molar-refractivity contribution in [3.05, 3.63) is 69.6 Å². The minimum absolute atomic E-state index is 0.0299. The zero-order valence-electron chi connectivity index (χ0n) is 12.3. The van der Waals surface area contributed by atoms with Crippen molar-refractivity contribution in [2.75, 3.05) is 6.54 Å². The lowest BCUT2D eigenvalue weighted by Gasteiger charge is -2.07.